The number of unbranched alkanes of at least 4 members (excludes halogenated alkanes) is 9. The van der Waals surface area contributed by atoms with Crippen molar-refractivity contribution in [2.24, 2.45) is 11.8 Å². The minimum absolute atomic E-state index is 0.0901. The standard InChI is InChI=1S/C46H80NO12P/c1-8-10-16-22-37(48)28-29-40-39(41(49)32-42(40)50)23-20-21-26-45(51)55-33-38(34-57-60(53,54)56-31-30-47(5,6)7)58-46(52)27-19-15-13-12-14-18-25-44-36(4)35(3)43(59-44)24-17-11-9-2/h20-21,28-29,37-42,48-50H,8-19,22-27,30-34H2,1-7H3/b21-20-,29-28+/t37-,38-,39+,40-,41+,42-/m1/s1. The lowest BCUT2D eigenvalue weighted by molar-refractivity contribution is -0.870. The number of furan rings is 1. The number of carbonyl (C=O) groups is 2. The predicted octanol–water partition coefficient (Wildman–Crippen LogP) is 7.76. The molecular weight excluding hydrogens is 789 g/mol. The first-order valence-corrected chi connectivity index (χ1v) is 24.1. The molecule has 7 atom stereocenters. The van der Waals surface area contributed by atoms with Crippen molar-refractivity contribution in [1.29, 1.82) is 0 Å². The van der Waals surface area contributed by atoms with E-state index in [1.54, 1.807) is 24.3 Å². The molecule has 60 heavy (non-hydrogen) atoms. The molecule has 1 heterocycles. The number of phosphoric ester groups is 1. The number of quaternary nitrogens is 1. The van der Waals surface area contributed by atoms with Crippen LogP contribution in [0.5, 0.6) is 0 Å². The zero-order chi connectivity index (χ0) is 44.6. The number of allylic oxidation sites excluding steroid dienone is 1. The number of esters is 2. The van der Waals surface area contributed by atoms with Crippen LogP contribution < -0.4 is 4.89 Å². The molecule has 346 valence electrons. The van der Waals surface area contributed by atoms with Gasteiger partial charge >= 0.3 is 11.9 Å². The number of aliphatic hydroxyl groups is 3. The molecule has 1 aliphatic rings. The number of nitrogens with zero attached hydrogens (tertiary/aromatic N) is 1. The number of aliphatic hydroxyl groups excluding tert-OH is 3. The lowest BCUT2D eigenvalue weighted by Crippen LogP contribution is -2.37. The average molecular weight is 870 g/mol. The van der Waals surface area contributed by atoms with Crippen molar-refractivity contribution in [2.75, 3.05) is 47.5 Å². The third-order valence-electron chi connectivity index (χ3n) is 11.3. The topological polar surface area (TPSA) is 185 Å². The van der Waals surface area contributed by atoms with Gasteiger partial charge in [0, 0.05) is 31.6 Å². The van der Waals surface area contributed by atoms with Gasteiger partial charge in [0.05, 0.1) is 52.5 Å². The maximum atomic E-state index is 12.8. The van der Waals surface area contributed by atoms with Crippen molar-refractivity contribution in [2.45, 2.75) is 174 Å². The molecule has 0 saturated heterocycles. The summed E-state index contributed by atoms with van der Waals surface area (Å²) < 4.78 is 40.1. The molecule has 0 spiro atoms. The molecule has 1 aliphatic carbocycles. The SMILES string of the molecule is CCCCCc1oc(CCCCCCCCC(=O)O[C@H](COC(=O)C/C=C\C[C@H]2[C@@H](/C=C/[C@H](O)CCCCC)[C@H](O)C[C@@H]2O)COP(=O)([O-])OCC[N+](C)(C)C)c(C)c1C. The fourth-order valence-electron chi connectivity index (χ4n) is 7.33. The zero-order valence-corrected chi connectivity index (χ0v) is 38.8. The van der Waals surface area contributed by atoms with Gasteiger partial charge in [-0.2, -0.15) is 0 Å². The van der Waals surface area contributed by atoms with Crippen molar-refractivity contribution in [3.8, 4) is 0 Å². The van der Waals surface area contributed by atoms with Gasteiger partial charge in [0.2, 0.25) is 0 Å². The van der Waals surface area contributed by atoms with Crippen LogP contribution in [0.15, 0.2) is 28.7 Å². The summed E-state index contributed by atoms with van der Waals surface area (Å²) in [7, 11) is 0.964. The molecule has 1 aromatic heterocycles. The Kier molecular flexibility index (Phi) is 26.1. The number of rotatable bonds is 33. The van der Waals surface area contributed by atoms with Crippen LogP contribution >= 0.6 is 7.82 Å². The van der Waals surface area contributed by atoms with E-state index in [9.17, 15) is 34.4 Å². The van der Waals surface area contributed by atoms with Crippen molar-refractivity contribution in [3.63, 3.8) is 0 Å². The number of carbonyl (C=O) groups excluding carboxylic acids is 2. The molecule has 0 aliphatic heterocycles. The largest absolute Gasteiger partial charge is 0.756 e. The van der Waals surface area contributed by atoms with E-state index in [0.717, 1.165) is 82.1 Å². The summed E-state index contributed by atoms with van der Waals surface area (Å²) in [5.41, 5.74) is 2.55. The average Bonchev–Trinajstić information content (AvgIpc) is 3.61. The Morgan fingerprint density at radius 3 is 2.12 bits per heavy atom. The van der Waals surface area contributed by atoms with Gasteiger partial charge in [-0.15, -0.1) is 0 Å². The highest BCUT2D eigenvalue weighted by molar-refractivity contribution is 7.45. The first-order chi connectivity index (χ1) is 28.5. The molecule has 0 bridgehead atoms. The molecule has 13 nitrogen and oxygen atoms in total. The van der Waals surface area contributed by atoms with Crippen molar-refractivity contribution in [3.05, 3.63) is 47.0 Å². The number of hydrogen-bond donors (Lipinski definition) is 3. The Balaban J connectivity index is 1.83. The second-order valence-corrected chi connectivity index (χ2v) is 19.0. The second kappa shape index (κ2) is 29.1. The Bertz CT molecular complexity index is 1470. The Labute approximate surface area is 361 Å². The van der Waals surface area contributed by atoms with E-state index in [0.29, 0.717) is 30.3 Å². The van der Waals surface area contributed by atoms with E-state index in [4.69, 9.17) is 22.9 Å². The van der Waals surface area contributed by atoms with E-state index in [2.05, 4.69) is 27.7 Å². The molecule has 0 amide bonds. The summed E-state index contributed by atoms with van der Waals surface area (Å²) >= 11 is 0. The predicted molar refractivity (Wildman–Crippen MR) is 232 cm³/mol. The van der Waals surface area contributed by atoms with E-state index in [1.165, 1.54) is 24.0 Å². The zero-order valence-electron chi connectivity index (χ0n) is 37.9. The first-order valence-electron chi connectivity index (χ1n) is 22.7. The van der Waals surface area contributed by atoms with Gasteiger partial charge in [0.25, 0.3) is 7.82 Å². The van der Waals surface area contributed by atoms with Gasteiger partial charge in [-0.05, 0) is 63.0 Å². The lowest BCUT2D eigenvalue weighted by Gasteiger charge is -2.28. The van der Waals surface area contributed by atoms with Crippen LogP contribution in [0.3, 0.4) is 0 Å². The molecule has 0 radical (unpaired) electrons. The highest BCUT2D eigenvalue weighted by Gasteiger charge is 2.39. The van der Waals surface area contributed by atoms with Gasteiger partial charge in [-0.1, -0.05) is 95.9 Å². The fourth-order valence-corrected chi connectivity index (χ4v) is 8.06. The van der Waals surface area contributed by atoms with E-state index < -0.39 is 57.4 Å². The third-order valence-corrected chi connectivity index (χ3v) is 12.2. The maximum absolute atomic E-state index is 12.8. The van der Waals surface area contributed by atoms with Crippen LogP contribution in [0.1, 0.15) is 146 Å². The Hall–Kier alpha value is -2.35. The number of ether oxygens (including phenoxy) is 2. The summed E-state index contributed by atoms with van der Waals surface area (Å²) in [6, 6.07) is 0. The van der Waals surface area contributed by atoms with Gasteiger partial charge < -0.3 is 47.6 Å². The number of aryl methyl sites for hydroxylation is 2. The molecule has 1 aromatic rings. The summed E-state index contributed by atoms with van der Waals surface area (Å²) in [6.07, 6.45) is 18.9. The van der Waals surface area contributed by atoms with Crippen molar-refractivity contribution in [1.82, 2.24) is 0 Å². The van der Waals surface area contributed by atoms with E-state index >= 15 is 0 Å². The van der Waals surface area contributed by atoms with Gasteiger partial charge in [0.15, 0.2) is 6.10 Å². The molecule has 1 unspecified atom stereocenters. The highest BCUT2D eigenvalue weighted by Crippen LogP contribution is 2.39. The normalized spacial score (nSPS) is 20.5. The maximum Gasteiger partial charge on any atom is 0.309 e. The van der Waals surface area contributed by atoms with E-state index in [1.807, 2.05) is 21.1 Å². The highest BCUT2D eigenvalue weighted by atomic mass is 31.2. The quantitative estimate of drug-likeness (QED) is 0.0205. The summed E-state index contributed by atoms with van der Waals surface area (Å²) in [4.78, 5) is 38.0. The monoisotopic (exact) mass is 870 g/mol. The van der Waals surface area contributed by atoms with Gasteiger partial charge in [-0.25, -0.2) is 0 Å². The fraction of sp³-hybridized carbons (Fsp3) is 0.783. The first kappa shape index (κ1) is 53.8. The summed E-state index contributed by atoms with van der Waals surface area (Å²) in [6.45, 7) is 7.95. The molecule has 14 heteroatoms. The number of likely N-dealkylation sites (N-methyl/N-ethyl adjacent to an activating group) is 1. The van der Waals surface area contributed by atoms with Gasteiger partial charge in [-0.3, -0.25) is 14.2 Å². The minimum atomic E-state index is -4.72. The van der Waals surface area contributed by atoms with E-state index in [-0.39, 0.29) is 37.7 Å². The summed E-state index contributed by atoms with van der Waals surface area (Å²) in [5.74, 6) is 0.442. The Morgan fingerprint density at radius 1 is 0.850 bits per heavy atom. The van der Waals surface area contributed by atoms with Crippen LogP contribution in [0.4, 0.5) is 0 Å². The van der Waals surface area contributed by atoms with Crippen molar-refractivity contribution >= 4 is 19.8 Å². The van der Waals surface area contributed by atoms with Crippen LogP contribution in [-0.2, 0) is 45.5 Å². The molecule has 2 rings (SSSR count). The molecule has 1 fully saturated rings. The van der Waals surface area contributed by atoms with Crippen molar-refractivity contribution < 1.29 is 61.8 Å². The number of hydrogen-bond acceptors (Lipinski definition) is 12. The number of phosphoric acid groups is 1. The Morgan fingerprint density at radius 2 is 1.47 bits per heavy atom. The minimum Gasteiger partial charge on any atom is -0.756 e. The molecule has 3 N–H and O–H groups in total. The van der Waals surface area contributed by atoms with Crippen LogP contribution in [0.25, 0.3) is 0 Å². The van der Waals surface area contributed by atoms with Crippen LogP contribution in [0.2, 0.25) is 0 Å². The molecular formula is C46H80NO12P. The lowest BCUT2D eigenvalue weighted by atomic mass is 9.89. The molecule has 1 saturated carbocycles. The van der Waals surface area contributed by atoms with Crippen LogP contribution in [-0.4, -0.2) is 104 Å². The summed E-state index contributed by atoms with van der Waals surface area (Å²) in [5, 5.41) is 31.4. The van der Waals surface area contributed by atoms with Crippen LogP contribution in [0, 0.1) is 25.7 Å². The smallest absolute Gasteiger partial charge is 0.309 e. The third kappa shape index (κ3) is 22.7. The van der Waals surface area contributed by atoms with Gasteiger partial charge in [0.1, 0.15) is 31.3 Å². The molecule has 0 aromatic carbocycles. The second-order valence-electron chi connectivity index (χ2n) is 17.6.